The van der Waals surface area contributed by atoms with Crippen molar-refractivity contribution in [2.24, 2.45) is 5.92 Å². The van der Waals surface area contributed by atoms with Crippen LogP contribution in [0.1, 0.15) is 39.5 Å². The summed E-state index contributed by atoms with van der Waals surface area (Å²) in [5.74, 6) is -2.00. The van der Waals surface area contributed by atoms with E-state index in [1.807, 2.05) is 13.8 Å². The summed E-state index contributed by atoms with van der Waals surface area (Å²) < 4.78 is 0. The second kappa shape index (κ2) is 8.61. The Hall–Kier alpha value is -1.96. The zero-order valence-corrected chi connectivity index (χ0v) is 13.4. The van der Waals surface area contributed by atoms with Crippen molar-refractivity contribution >= 4 is 24.1 Å². The van der Waals surface area contributed by atoms with Gasteiger partial charge in [-0.25, -0.2) is 4.79 Å². The summed E-state index contributed by atoms with van der Waals surface area (Å²) in [4.78, 5) is 47.3. The fourth-order valence-corrected chi connectivity index (χ4v) is 2.67. The number of nitrogens with one attached hydrogen (secondary N) is 1. The first-order valence-corrected chi connectivity index (χ1v) is 7.72. The minimum absolute atomic E-state index is 0.103. The molecule has 3 N–H and O–H groups in total. The largest absolute Gasteiger partial charge is 0.480 e. The Morgan fingerprint density at radius 1 is 1.35 bits per heavy atom. The Balaban J connectivity index is 2.80. The van der Waals surface area contributed by atoms with Gasteiger partial charge in [0.15, 0.2) is 0 Å². The second-order valence-electron chi connectivity index (χ2n) is 6.19. The lowest BCUT2D eigenvalue weighted by molar-refractivity contribution is -0.149. The molecule has 0 unspecified atom stereocenters. The van der Waals surface area contributed by atoms with Crippen molar-refractivity contribution in [1.82, 2.24) is 10.2 Å². The summed E-state index contributed by atoms with van der Waals surface area (Å²) in [6.45, 7) is 4.11. The van der Waals surface area contributed by atoms with Gasteiger partial charge in [0.05, 0.1) is 6.42 Å². The molecule has 1 rings (SSSR count). The molecule has 1 fully saturated rings. The van der Waals surface area contributed by atoms with E-state index in [4.69, 9.17) is 0 Å². The highest BCUT2D eigenvalue weighted by Crippen LogP contribution is 2.20. The molecule has 0 spiro atoms. The van der Waals surface area contributed by atoms with Crippen molar-refractivity contribution in [3.63, 3.8) is 0 Å². The fraction of sp³-hybridized carbons (Fsp3) is 0.733. The third-order valence-electron chi connectivity index (χ3n) is 3.71. The number of likely N-dealkylation sites (tertiary alicyclic amines) is 1. The summed E-state index contributed by atoms with van der Waals surface area (Å²) in [6, 6.07) is -1.73. The summed E-state index contributed by atoms with van der Waals surface area (Å²) in [7, 11) is 0. The summed E-state index contributed by atoms with van der Waals surface area (Å²) in [5.41, 5.74) is 0. The highest BCUT2D eigenvalue weighted by atomic mass is 16.4. The van der Waals surface area contributed by atoms with E-state index in [-0.39, 0.29) is 12.2 Å². The van der Waals surface area contributed by atoms with E-state index in [9.17, 15) is 29.4 Å². The molecule has 8 nitrogen and oxygen atoms in total. The quantitative estimate of drug-likeness (QED) is 0.518. The van der Waals surface area contributed by atoms with Crippen LogP contribution >= 0.6 is 0 Å². The topological polar surface area (TPSA) is 124 Å². The van der Waals surface area contributed by atoms with E-state index >= 15 is 0 Å². The van der Waals surface area contributed by atoms with Gasteiger partial charge in [-0.3, -0.25) is 9.59 Å². The highest BCUT2D eigenvalue weighted by Gasteiger charge is 2.37. The Bertz CT molecular complexity index is 465. The van der Waals surface area contributed by atoms with Gasteiger partial charge < -0.3 is 25.2 Å². The SMILES string of the molecule is CC(C)C[C@H](NC(=O)C[C@H](O)C=O)C(=O)N1CCC[C@H]1C(=O)O. The van der Waals surface area contributed by atoms with Crippen LogP contribution in [0.15, 0.2) is 0 Å². The molecule has 1 saturated heterocycles. The minimum atomic E-state index is -1.41. The van der Waals surface area contributed by atoms with Crippen molar-refractivity contribution in [2.75, 3.05) is 6.54 Å². The maximum Gasteiger partial charge on any atom is 0.326 e. The monoisotopic (exact) mass is 328 g/mol. The number of carbonyl (C=O) groups is 4. The Labute approximate surface area is 134 Å². The maximum atomic E-state index is 12.6. The second-order valence-corrected chi connectivity index (χ2v) is 6.19. The molecule has 1 heterocycles. The standard InChI is InChI=1S/C15H24N2O6/c1-9(2)6-11(16-13(20)7-10(19)8-18)14(21)17-5-3-4-12(17)15(22)23/h8-12,19H,3-7H2,1-2H3,(H,16,20)(H,22,23)/t10-,11-,12-/m0/s1. The number of carbonyl (C=O) groups excluding carboxylic acids is 3. The number of rotatable bonds is 8. The average Bonchev–Trinajstić information content (AvgIpc) is 2.94. The van der Waals surface area contributed by atoms with Crippen LogP contribution in [0, 0.1) is 5.92 Å². The number of aliphatic carboxylic acids is 1. The van der Waals surface area contributed by atoms with E-state index in [0.29, 0.717) is 25.8 Å². The zero-order chi connectivity index (χ0) is 17.6. The van der Waals surface area contributed by atoms with Crippen LogP contribution in [-0.4, -0.2) is 63.9 Å². The molecule has 8 heteroatoms. The minimum Gasteiger partial charge on any atom is -0.480 e. The lowest BCUT2D eigenvalue weighted by Gasteiger charge is -2.28. The fourth-order valence-electron chi connectivity index (χ4n) is 2.67. The first-order chi connectivity index (χ1) is 10.8. The van der Waals surface area contributed by atoms with Crippen molar-refractivity contribution in [1.29, 1.82) is 0 Å². The van der Waals surface area contributed by atoms with Gasteiger partial charge in [0.2, 0.25) is 11.8 Å². The lowest BCUT2D eigenvalue weighted by Crippen LogP contribution is -2.52. The molecule has 2 amide bonds. The summed E-state index contributed by atoms with van der Waals surface area (Å²) in [5, 5.41) is 20.9. The molecule has 0 aromatic heterocycles. The smallest absolute Gasteiger partial charge is 0.326 e. The molecule has 3 atom stereocenters. The number of carboxylic acid groups (broad SMARTS) is 1. The summed E-state index contributed by atoms with van der Waals surface area (Å²) >= 11 is 0. The van der Waals surface area contributed by atoms with Gasteiger partial charge in [-0.15, -0.1) is 0 Å². The number of hydrogen-bond donors (Lipinski definition) is 3. The van der Waals surface area contributed by atoms with Gasteiger partial charge in [-0.05, 0) is 25.2 Å². The normalized spacial score (nSPS) is 20.2. The predicted octanol–water partition coefficient (Wildman–Crippen LogP) is -0.457. The van der Waals surface area contributed by atoms with Crippen LogP contribution < -0.4 is 5.32 Å². The van der Waals surface area contributed by atoms with Gasteiger partial charge in [-0.2, -0.15) is 0 Å². The average molecular weight is 328 g/mol. The molecule has 1 aliphatic rings. The van der Waals surface area contributed by atoms with E-state index in [1.165, 1.54) is 4.90 Å². The predicted molar refractivity (Wildman–Crippen MR) is 80.4 cm³/mol. The third kappa shape index (κ3) is 5.63. The maximum absolute atomic E-state index is 12.6. The molecular formula is C15H24N2O6. The van der Waals surface area contributed by atoms with E-state index in [0.717, 1.165) is 0 Å². The van der Waals surface area contributed by atoms with Crippen LogP contribution in [0.5, 0.6) is 0 Å². The number of amides is 2. The highest BCUT2D eigenvalue weighted by molar-refractivity contribution is 5.91. The Morgan fingerprint density at radius 3 is 2.52 bits per heavy atom. The first kappa shape index (κ1) is 19.1. The van der Waals surface area contributed by atoms with E-state index in [1.54, 1.807) is 0 Å². The molecule has 0 saturated carbocycles. The van der Waals surface area contributed by atoms with Crippen molar-refractivity contribution in [3.05, 3.63) is 0 Å². The lowest BCUT2D eigenvalue weighted by atomic mass is 10.0. The van der Waals surface area contributed by atoms with Gasteiger partial charge in [-0.1, -0.05) is 13.8 Å². The molecule has 0 radical (unpaired) electrons. The third-order valence-corrected chi connectivity index (χ3v) is 3.71. The number of aliphatic hydroxyl groups excluding tert-OH is 1. The number of nitrogens with zero attached hydrogens (tertiary/aromatic N) is 1. The number of aldehydes is 1. The number of hydrogen-bond acceptors (Lipinski definition) is 5. The molecule has 0 bridgehead atoms. The Morgan fingerprint density at radius 2 is 2.00 bits per heavy atom. The van der Waals surface area contributed by atoms with Gasteiger partial charge in [0.25, 0.3) is 0 Å². The molecule has 130 valence electrons. The zero-order valence-electron chi connectivity index (χ0n) is 13.4. The van der Waals surface area contributed by atoms with E-state index in [2.05, 4.69) is 5.32 Å². The van der Waals surface area contributed by atoms with Crippen molar-refractivity contribution in [3.8, 4) is 0 Å². The Kier molecular flexibility index (Phi) is 7.15. The van der Waals surface area contributed by atoms with Gasteiger partial charge >= 0.3 is 5.97 Å². The first-order valence-electron chi connectivity index (χ1n) is 7.72. The molecule has 0 aromatic rings. The molecule has 23 heavy (non-hydrogen) atoms. The van der Waals surface area contributed by atoms with Gasteiger partial charge in [0, 0.05) is 6.54 Å². The van der Waals surface area contributed by atoms with Crippen LogP contribution in [0.25, 0.3) is 0 Å². The molecule has 0 aromatic carbocycles. The molecular weight excluding hydrogens is 304 g/mol. The van der Waals surface area contributed by atoms with Crippen molar-refractivity contribution in [2.45, 2.75) is 57.7 Å². The van der Waals surface area contributed by atoms with Gasteiger partial charge in [0.1, 0.15) is 24.5 Å². The van der Waals surface area contributed by atoms with Crippen molar-refractivity contribution < 1.29 is 29.4 Å². The number of carboxylic acids is 1. The molecule has 1 aliphatic heterocycles. The van der Waals surface area contributed by atoms with Crippen LogP contribution in [-0.2, 0) is 19.2 Å². The summed E-state index contributed by atoms with van der Waals surface area (Å²) in [6.07, 6.45) is -0.233. The number of aliphatic hydroxyl groups is 1. The molecule has 0 aliphatic carbocycles. The van der Waals surface area contributed by atoms with Crippen LogP contribution in [0.4, 0.5) is 0 Å². The van der Waals surface area contributed by atoms with Crippen LogP contribution in [0.3, 0.4) is 0 Å². The van der Waals surface area contributed by atoms with Crippen LogP contribution in [0.2, 0.25) is 0 Å². The van der Waals surface area contributed by atoms with E-state index < -0.39 is 42.4 Å².